The second-order valence-corrected chi connectivity index (χ2v) is 5.63. The van der Waals surface area contributed by atoms with Crippen molar-refractivity contribution >= 4 is 5.91 Å². The second-order valence-electron chi connectivity index (χ2n) is 5.63. The summed E-state index contributed by atoms with van der Waals surface area (Å²) in [4.78, 5) is 11.8. The second kappa shape index (κ2) is 3.48. The molecule has 1 saturated carbocycles. The standard InChI is InChI=1S/C12H20N2O/c1-7-4-11(7)12(15)14-10-5-8-2-3-9(6-10)13-8/h7-11,13H,2-6H2,1H3,(H,14,15). The Kier molecular flexibility index (Phi) is 2.23. The van der Waals surface area contributed by atoms with Crippen LogP contribution < -0.4 is 10.6 Å². The molecule has 3 aliphatic rings. The number of nitrogens with one attached hydrogen (secondary N) is 2. The number of hydrogen-bond acceptors (Lipinski definition) is 2. The third kappa shape index (κ3) is 1.89. The van der Waals surface area contributed by atoms with E-state index >= 15 is 0 Å². The molecule has 0 aromatic heterocycles. The Hall–Kier alpha value is -0.570. The molecule has 15 heavy (non-hydrogen) atoms. The van der Waals surface area contributed by atoms with Crippen molar-refractivity contribution in [3.05, 3.63) is 0 Å². The SMILES string of the molecule is CC1CC1C(=O)NC1CC2CCC(C1)N2. The van der Waals surface area contributed by atoms with Gasteiger partial charge in [-0.1, -0.05) is 6.92 Å². The van der Waals surface area contributed by atoms with Crippen LogP contribution in [0.2, 0.25) is 0 Å². The zero-order valence-electron chi connectivity index (χ0n) is 9.33. The van der Waals surface area contributed by atoms with Crippen LogP contribution in [0.3, 0.4) is 0 Å². The molecule has 2 saturated heterocycles. The lowest BCUT2D eigenvalue weighted by molar-refractivity contribution is -0.123. The van der Waals surface area contributed by atoms with Gasteiger partial charge in [0, 0.05) is 24.0 Å². The highest BCUT2D eigenvalue weighted by Gasteiger charge is 2.41. The zero-order valence-corrected chi connectivity index (χ0v) is 9.33. The molecule has 3 rings (SSSR count). The molecule has 0 aromatic carbocycles. The number of rotatable bonds is 2. The van der Waals surface area contributed by atoms with Gasteiger partial charge in [-0.25, -0.2) is 0 Å². The van der Waals surface area contributed by atoms with Gasteiger partial charge in [0.05, 0.1) is 0 Å². The third-order valence-corrected chi connectivity index (χ3v) is 4.27. The van der Waals surface area contributed by atoms with E-state index < -0.39 is 0 Å². The van der Waals surface area contributed by atoms with Crippen molar-refractivity contribution < 1.29 is 4.79 Å². The number of fused-ring (bicyclic) bond motifs is 2. The highest BCUT2D eigenvalue weighted by atomic mass is 16.2. The van der Waals surface area contributed by atoms with E-state index in [1.54, 1.807) is 0 Å². The fourth-order valence-electron chi connectivity index (χ4n) is 3.17. The molecule has 2 N–H and O–H groups in total. The molecular formula is C12H20N2O. The van der Waals surface area contributed by atoms with Crippen LogP contribution in [0.5, 0.6) is 0 Å². The Morgan fingerprint density at radius 3 is 2.33 bits per heavy atom. The monoisotopic (exact) mass is 208 g/mol. The van der Waals surface area contributed by atoms with E-state index in [-0.39, 0.29) is 0 Å². The molecule has 0 radical (unpaired) electrons. The Labute approximate surface area is 91.0 Å². The van der Waals surface area contributed by atoms with E-state index in [4.69, 9.17) is 0 Å². The summed E-state index contributed by atoms with van der Waals surface area (Å²) < 4.78 is 0. The van der Waals surface area contributed by atoms with E-state index in [9.17, 15) is 4.79 Å². The Morgan fingerprint density at radius 2 is 1.80 bits per heavy atom. The summed E-state index contributed by atoms with van der Waals surface area (Å²) in [6, 6.07) is 1.79. The van der Waals surface area contributed by atoms with Gasteiger partial charge in [0.1, 0.15) is 0 Å². The molecule has 1 amide bonds. The Morgan fingerprint density at radius 1 is 1.20 bits per heavy atom. The minimum atomic E-state index is 0.314. The van der Waals surface area contributed by atoms with E-state index in [0.29, 0.717) is 35.9 Å². The molecule has 84 valence electrons. The van der Waals surface area contributed by atoms with Crippen LogP contribution in [0.25, 0.3) is 0 Å². The highest BCUT2D eigenvalue weighted by molar-refractivity contribution is 5.81. The first-order valence-electron chi connectivity index (χ1n) is 6.29. The summed E-state index contributed by atoms with van der Waals surface area (Å²) >= 11 is 0. The van der Waals surface area contributed by atoms with Crippen molar-refractivity contribution in [2.24, 2.45) is 11.8 Å². The number of hydrogen-bond donors (Lipinski definition) is 2. The van der Waals surface area contributed by atoms with Crippen molar-refractivity contribution in [2.45, 2.75) is 57.2 Å². The lowest BCUT2D eigenvalue weighted by atomic mass is 9.99. The third-order valence-electron chi connectivity index (χ3n) is 4.27. The first-order valence-corrected chi connectivity index (χ1v) is 6.29. The topological polar surface area (TPSA) is 41.1 Å². The number of carbonyl (C=O) groups excluding carboxylic acids is 1. The predicted octanol–water partition coefficient (Wildman–Crippen LogP) is 1.04. The smallest absolute Gasteiger partial charge is 0.223 e. The molecule has 2 aliphatic heterocycles. The van der Waals surface area contributed by atoms with E-state index in [0.717, 1.165) is 19.3 Å². The van der Waals surface area contributed by atoms with Crippen LogP contribution in [0, 0.1) is 11.8 Å². The molecule has 3 fully saturated rings. The van der Waals surface area contributed by atoms with E-state index in [2.05, 4.69) is 17.6 Å². The molecule has 4 atom stereocenters. The molecule has 4 unspecified atom stereocenters. The molecule has 1 aliphatic carbocycles. The quantitative estimate of drug-likeness (QED) is 0.712. The van der Waals surface area contributed by atoms with Gasteiger partial charge in [-0.3, -0.25) is 4.79 Å². The number of carbonyl (C=O) groups is 1. The summed E-state index contributed by atoms with van der Waals surface area (Å²) in [6.07, 6.45) is 5.99. The minimum Gasteiger partial charge on any atom is -0.353 e. The summed E-state index contributed by atoms with van der Waals surface area (Å²) in [7, 11) is 0. The van der Waals surface area contributed by atoms with Crippen molar-refractivity contribution in [1.29, 1.82) is 0 Å². The Balaban J connectivity index is 1.53. The lowest BCUT2D eigenvalue weighted by Crippen LogP contribution is -2.48. The molecule has 2 bridgehead atoms. The average molecular weight is 208 g/mol. The van der Waals surface area contributed by atoms with Crippen LogP contribution in [0.15, 0.2) is 0 Å². The van der Waals surface area contributed by atoms with Crippen LogP contribution in [-0.2, 0) is 4.79 Å². The van der Waals surface area contributed by atoms with Crippen LogP contribution >= 0.6 is 0 Å². The van der Waals surface area contributed by atoms with Gasteiger partial charge in [-0.15, -0.1) is 0 Å². The van der Waals surface area contributed by atoms with Crippen LogP contribution in [0.1, 0.15) is 39.0 Å². The molecule has 0 spiro atoms. The largest absolute Gasteiger partial charge is 0.353 e. The molecule has 3 heteroatoms. The van der Waals surface area contributed by atoms with Gasteiger partial charge in [-0.2, -0.15) is 0 Å². The lowest BCUT2D eigenvalue weighted by Gasteiger charge is -2.29. The first kappa shape index (κ1) is 9.64. The van der Waals surface area contributed by atoms with E-state index in [1.165, 1.54) is 12.8 Å². The fraction of sp³-hybridized carbons (Fsp3) is 0.917. The van der Waals surface area contributed by atoms with Gasteiger partial charge in [0.25, 0.3) is 0 Å². The maximum atomic E-state index is 11.8. The van der Waals surface area contributed by atoms with Crippen molar-refractivity contribution in [1.82, 2.24) is 10.6 Å². The van der Waals surface area contributed by atoms with Crippen LogP contribution in [0.4, 0.5) is 0 Å². The molecule has 2 heterocycles. The summed E-state index contributed by atoms with van der Waals surface area (Å²) in [6.45, 7) is 2.16. The minimum absolute atomic E-state index is 0.314. The Bertz CT molecular complexity index is 267. The van der Waals surface area contributed by atoms with Crippen LogP contribution in [-0.4, -0.2) is 24.0 Å². The average Bonchev–Trinajstić information content (AvgIpc) is 2.83. The van der Waals surface area contributed by atoms with Gasteiger partial charge >= 0.3 is 0 Å². The van der Waals surface area contributed by atoms with Crippen molar-refractivity contribution in [3.8, 4) is 0 Å². The number of amides is 1. The normalized spacial score (nSPS) is 47.7. The molecular weight excluding hydrogens is 188 g/mol. The predicted molar refractivity (Wildman–Crippen MR) is 58.4 cm³/mol. The van der Waals surface area contributed by atoms with Crippen molar-refractivity contribution in [2.75, 3.05) is 0 Å². The summed E-state index contributed by atoms with van der Waals surface area (Å²) in [5.74, 6) is 1.27. The maximum absolute atomic E-state index is 11.8. The number of piperidine rings is 1. The maximum Gasteiger partial charge on any atom is 0.223 e. The highest BCUT2D eigenvalue weighted by Crippen LogP contribution is 2.38. The molecule has 3 nitrogen and oxygen atoms in total. The van der Waals surface area contributed by atoms with E-state index in [1.807, 2.05) is 0 Å². The zero-order chi connectivity index (χ0) is 10.4. The van der Waals surface area contributed by atoms with Gasteiger partial charge in [0.2, 0.25) is 5.91 Å². The fourth-order valence-corrected chi connectivity index (χ4v) is 3.17. The van der Waals surface area contributed by atoms with Gasteiger partial charge in [0.15, 0.2) is 0 Å². The van der Waals surface area contributed by atoms with Gasteiger partial charge < -0.3 is 10.6 Å². The molecule has 0 aromatic rings. The first-order chi connectivity index (χ1) is 7.22. The summed E-state index contributed by atoms with van der Waals surface area (Å²) in [5.41, 5.74) is 0. The summed E-state index contributed by atoms with van der Waals surface area (Å²) in [5, 5.41) is 6.83. The van der Waals surface area contributed by atoms with Crippen molar-refractivity contribution in [3.63, 3.8) is 0 Å². The van der Waals surface area contributed by atoms with Gasteiger partial charge in [-0.05, 0) is 38.0 Å².